The molecule has 7 nitrogen and oxygen atoms in total. The highest BCUT2D eigenvalue weighted by atomic mass is 32.2. The Labute approximate surface area is 269 Å². The van der Waals surface area contributed by atoms with Crippen LogP contribution in [0.3, 0.4) is 0 Å². The quantitative estimate of drug-likeness (QED) is 0.183. The number of methoxy groups -OCH3 is 1. The summed E-state index contributed by atoms with van der Waals surface area (Å²) in [5.41, 5.74) is 3.51. The Balaban J connectivity index is 1.49. The van der Waals surface area contributed by atoms with Crippen molar-refractivity contribution in [1.29, 1.82) is 5.26 Å². The molecule has 2 aromatic carbocycles. The summed E-state index contributed by atoms with van der Waals surface area (Å²) in [6.07, 6.45) is 6.62. The number of thioether (sulfide) groups is 1. The van der Waals surface area contributed by atoms with Gasteiger partial charge in [-0.3, -0.25) is 19.1 Å². The Bertz CT molecular complexity index is 1650. The number of pyridine rings is 1. The first-order valence-corrected chi connectivity index (χ1v) is 16.4. The summed E-state index contributed by atoms with van der Waals surface area (Å²) in [7, 11) is 1.62. The molecule has 0 spiro atoms. The fraction of sp³-hybridized carbons (Fsp3) is 0.371. The van der Waals surface area contributed by atoms with Crippen LogP contribution < -0.4 is 15.2 Å². The molecule has 2 aliphatic heterocycles. The van der Waals surface area contributed by atoms with Gasteiger partial charge < -0.3 is 9.64 Å². The molecule has 1 aromatic heterocycles. The van der Waals surface area contributed by atoms with E-state index in [0.29, 0.717) is 33.8 Å². The first-order chi connectivity index (χ1) is 21.3. The molecule has 3 heterocycles. The Morgan fingerprint density at radius 1 is 1.07 bits per heavy atom. The highest BCUT2D eigenvalue weighted by Gasteiger charge is 2.34. The molecule has 0 saturated carbocycles. The van der Waals surface area contributed by atoms with Gasteiger partial charge in [-0.15, -0.1) is 0 Å². The SMILES string of the molecule is CCCCn1c(N2CCC(Cc3ccccc3)CC2)c(C=C2SC(=S)N(Cc3ccc(OC)cc3)C2=O)c(C)c(C#N)c1=O. The number of hydrogen-bond acceptors (Lipinski definition) is 7. The maximum absolute atomic E-state index is 13.7. The minimum absolute atomic E-state index is 0.128. The van der Waals surface area contributed by atoms with Crippen molar-refractivity contribution in [2.75, 3.05) is 25.1 Å². The molecule has 0 radical (unpaired) electrons. The number of carbonyl (C=O) groups excluding carboxylic acids is 1. The third-order valence-corrected chi connectivity index (χ3v) is 9.89. The number of aromatic nitrogens is 1. The lowest BCUT2D eigenvalue weighted by atomic mass is 9.90. The second kappa shape index (κ2) is 14.3. The lowest BCUT2D eigenvalue weighted by molar-refractivity contribution is -0.122. The van der Waals surface area contributed by atoms with E-state index in [1.54, 1.807) is 16.6 Å². The number of unbranched alkanes of at least 4 members (excludes halogenated alkanes) is 1. The summed E-state index contributed by atoms with van der Waals surface area (Å²) in [6.45, 7) is 6.38. The Hall–Kier alpha value is -3.87. The van der Waals surface area contributed by atoms with Crippen molar-refractivity contribution in [3.8, 4) is 11.8 Å². The van der Waals surface area contributed by atoms with E-state index in [-0.39, 0.29) is 17.0 Å². The van der Waals surface area contributed by atoms with Gasteiger partial charge in [-0.05, 0) is 73.4 Å². The van der Waals surface area contributed by atoms with E-state index in [1.165, 1.54) is 17.3 Å². The summed E-state index contributed by atoms with van der Waals surface area (Å²) in [5, 5.41) is 10.0. The van der Waals surface area contributed by atoms with Gasteiger partial charge in [0.05, 0.1) is 18.6 Å². The lowest BCUT2D eigenvalue weighted by Gasteiger charge is -2.36. The van der Waals surface area contributed by atoms with Crippen LogP contribution >= 0.6 is 24.0 Å². The van der Waals surface area contributed by atoms with Crippen molar-refractivity contribution in [3.63, 3.8) is 0 Å². The first-order valence-electron chi connectivity index (χ1n) is 15.2. The van der Waals surface area contributed by atoms with E-state index in [0.717, 1.165) is 67.9 Å². The maximum atomic E-state index is 13.7. The van der Waals surface area contributed by atoms with Gasteiger partial charge in [0.2, 0.25) is 0 Å². The Kier molecular flexibility index (Phi) is 10.2. The summed E-state index contributed by atoms with van der Waals surface area (Å²) < 4.78 is 7.52. The van der Waals surface area contributed by atoms with Crippen molar-refractivity contribution >= 4 is 46.1 Å². The predicted molar refractivity (Wildman–Crippen MR) is 182 cm³/mol. The molecule has 0 atom stereocenters. The van der Waals surface area contributed by atoms with Gasteiger partial charge in [0.1, 0.15) is 27.5 Å². The molecule has 228 valence electrons. The average molecular weight is 627 g/mol. The maximum Gasteiger partial charge on any atom is 0.270 e. The smallest absolute Gasteiger partial charge is 0.270 e. The number of amides is 1. The number of thiocarbonyl (C=S) groups is 1. The zero-order chi connectivity index (χ0) is 31.2. The number of carbonyl (C=O) groups is 1. The molecular formula is C35H38N4O3S2. The lowest BCUT2D eigenvalue weighted by Crippen LogP contribution is -2.40. The van der Waals surface area contributed by atoms with E-state index in [9.17, 15) is 14.9 Å². The largest absolute Gasteiger partial charge is 0.497 e. The number of ether oxygens (including phenoxy) is 1. The van der Waals surface area contributed by atoms with E-state index in [1.807, 2.05) is 43.3 Å². The zero-order valence-corrected chi connectivity index (χ0v) is 27.2. The minimum atomic E-state index is -0.260. The monoisotopic (exact) mass is 626 g/mol. The van der Waals surface area contributed by atoms with Crippen LogP contribution in [0.5, 0.6) is 5.75 Å². The van der Waals surface area contributed by atoms with Crippen molar-refractivity contribution < 1.29 is 9.53 Å². The van der Waals surface area contributed by atoms with Gasteiger partial charge in [-0.1, -0.05) is 79.8 Å². The van der Waals surface area contributed by atoms with Gasteiger partial charge in [0, 0.05) is 25.2 Å². The standard InChI is InChI=1S/C35H38N4O3S2/c1-4-5-17-38-32(37-18-15-26(16-19-37)20-25-9-7-6-8-10-25)29(24(2)30(22-36)33(38)40)21-31-34(41)39(35(43)44-31)23-27-11-13-28(42-3)14-12-27/h6-14,21,26H,4-5,15-20,23H2,1-3H3. The van der Waals surface area contributed by atoms with Gasteiger partial charge in [0.25, 0.3) is 11.5 Å². The highest BCUT2D eigenvalue weighted by molar-refractivity contribution is 8.26. The molecule has 0 unspecified atom stereocenters. The fourth-order valence-corrected chi connectivity index (χ4v) is 7.22. The molecule has 5 rings (SSSR count). The average Bonchev–Trinajstić information content (AvgIpc) is 3.30. The molecule has 3 aromatic rings. The number of rotatable bonds is 10. The van der Waals surface area contributed by atoms with E-state index in [2.05, 4.69) is 42.2 Å². The van der Waals surface area contributed by atoms with Crippen LogP contribution in [0.4, 0.5) is 5.82 Å². The van der Waals surface area contributed by atoms with Gasteiger partial charge >= 0.3 is 0 Å². The van der Waals surface area contributed by atoms with Crippen LogP contribution in [0.25, 0.3) is 6.08 Å². The molecule has 2 aliphatic rings. The second-order valence-electron chi connectivity index (χ2n) is 11.4. The number of nitriles is 1. The minimum Gasteiger partial charge on any atom is -0.497 e. The van der Waals surface area contributed by atoms with Crippen LogP contribution in [0.2, 0.25) is 0 Å². The van der Waals surface area contributed by atoms with Crippen molar-refractivity contribution in [2.24, 2.45) is 5.92 Å². The summed E-state index contributed by atoms with van der Waals surface area (Å²) >= 11 is 6.92. The second-order valence-corrected chi connectivity index (χ2v) is 13.1. The Morgan fingerprint density at radius 2 is 1.77 bits per heavy atom. The zero-order valence-electron chi connectivity index (χ0n) is 25.5. The van der Waals surface area contributed by atoms with Gasteiger partial charge in [-0.25, -0.2) is 0 Å². The predicted octanol–water partition coefficient (Wildman–Crippen LogP) is 6.70. The molecule has 44 heavy (non-hydrogen) atoms. The third kappa shape index (κ3) is 6.77. The Morgan fingerprint density at radius 3 is 2.41 bits per heavy atom. The summed E-state index contributed by atoms with van der Waals surface area (Å²) in [4.78, 5) is 31.8. The van der Waals surface area contributed by atoms with Crippen molar-refractivity contribution in [3.05, 3.63) is 97.7 Å². The molecule has 2 fully saturated rings. The summed E-state index contributed by atoms with van der Waals surface area (Å²) in [6, 6.07) is 20.3. The molecule has 0 aliphatic carbocycles. The molecule has 0 bridgehead atoms. The van der Waals surface area contributed by atoms with Crippen LogP contribution in [0.15, 0.2) is 64.3 Å². The number of piperidine rings is 1. The van der Waals surface area contributed by atoms with E-state index in [4.69, 9.17) is 17.0 Å². The van der Waals surface area contributed by atoms with Crippen molar-refractivity contribution in [2.45, 2.75) is 59.0 Å². The van der Waals surface area contributed by atoms with E-state index < -0.39 is 0 Å². The number of anilines is 1. The molecular weight excluding hydrogens is 589 g/mol. The molecule has 0 N–H and O–H groups in total. The topological polar surface area (TPSA) is 78.6 Å². The number of hydrogen-bond donors (Lipinski definition) is 0. The van der Waals surface area contributed by atoms with Crippen molar-refractivity contribution in [1.82, 2.24) is 9.47 Å². The normalized spacial score (nSPS) is 16.5. The van der Waals surface area contributed by atoms with Crippen LogP contribution in [-0.4, -0.2) is 39.9 Å². The van der Waals surface area contributed by atoms with Crippen LogP contribution in [-0.2, 0) is 24.3 Å². The first kappa shape index (κ1) is 31.6. The van der Waals surface area contributed by atoms with Crippen LogP contribution in [0.1, 0.15) is 60.4 Å². The van der Waals surface area contributed by atoms with Crippen LogP contribution in [0, 0.1) is 24.2 Å². The molecule has 9 heteroatoms. The number of benzene rings is 2. The third-order valence-electron chi connectivity index (χ3n) is 8.51. The van der Waals surface area contributed by atoms with Gasteiger partial charge in [-0.2, -0.15) is 5.26 Å². The molecule has 1 amide bonds. The summed E-state index contributed by atoms with van der Waals surface area (Å²) in [5.74, 6) is 1.94. The molecule has 2 saturated heterocycles. The fourth-order valence-electron chi connectivity index (χ4n) is 5.99. The van der Waals surface area contributed by atoms with E-state index >= 15 is 0 Å². The number of nitrogens with zero attached hydrogens (tertiary/aromatic N) is 4. The van der Waals surface area contributed by atoms with Gasteiger partial charge in [0.15, 0.2) is 0 Å². The highest BCUT2D eigenvalue weighted by Crippen LogP contribution is 2.38.